The Kier molecular flexibility index (Phi) is 4.69. The molecule has 0 bridgehead atoms. The zero-order chi connectivity index (χ0) is 13.0. The van der Waals surface area contributed by atoms with Crippen molar-refractivity contribution in [1.82, 2.24) is 5.32 Å². The van der Waals surface area contributed by atoms with Gasteiger partial charge in [0.2, 0.25) is 0 Å². The molecule has 0 aliphatic rings. The number of aryl methyl sites for hydroxylation is 1. The number of hydrogen-bond acceptors (Lipinski definition) is 2. The Bertz CT molecular complexity index is 425. The van der Waals surface area contributed by atoms with Gasteiger partial charge < -0.3 is 10.4 Å². The minimum absolute atomic E-state index is 0.355. The van der Waals surface area contributed by atoms with Gasteiger partial charge in [0.15, 0.2) is 0 Å². The number of nitrogens with one attached hydrogen (secondary N) is 1. The second kappa shape index (κ2) is 5.82. The molecule has 1 aromatic carbocycles. The molecule has 0 radical (unpaired) electrons. The highest BCUT2D eigenvalue weighted by molar-refractivity contribution is 9.10. The normalized spacial score (nSPS) is 11.9. The Morgan fingerprint density at radius 1 is 1.41 bits per heavy atom. The Morgan fingerprint density at radius 2 is 2.06 bits per heavy atom. The van der Waals surface area contributed by atoms with Crippen LogP contribution in [0.2, 0.25) is 0 Å². The van der Waals surface area contributed by atoms with Gasteiger partial charge in [0.05, 0.1) is 0 Å². The predicted molar refractivity (Wildman–Crippen MR) is 68.1 cm³/mol. The molecule has 17 heavy (non-hydrogen) atoms. The van der Waals surface area contributed by atoms with Crippen LogP contribution in [0.1, 0.15) is 29.3 Å². The van der Waals surface area contributed by atoms with Gasteiger partial charge in [-0.2, -0.15) is 0 Å². The number of aliphatic carboxylic acids is 1. The van der Waals surface area contributed by atoms with E-state index in [1.807, 2.05) is 13.0 Å². The van der Waals surface area contributed by atoms with Crippen LogP contribution in [0.3, 0.4) is 0 Å². The molecule has 0 saturated carbocycles. The van der Waals surface area contributed by atoms with Crippen LogP contribution in [-0.4, -0.2) is 23.0 Å². The highest BCUT2D eigenvalue weighted by atomic mass is 79.9. The molecule has 2 N–H and O–H groups in total. The fourth-order valence-electron chi connectivity index (χ4n) is 1.45. The Labute approximate surface area is 108 Å². The van der Waals surface area contributed by atoms with E-state index in [1.165, 1.54) is 0 Å². The van der Waals surface area contributed by atoms with Gasteiger partial charge in [0.1, 0.15) is 6.04 Å². The van der Waals surface area contributed by atoms with Crippen LogP contribution in [0.15, 0.2) is 22.7 Å². The SMILES string of the molecule is CCC(NC(=O)c1cc(C)cc(Br)c1)C(=O)O. The number of carbonyl (C=O) groups is 2. The summed E-state index contributed by atoms with van der Waals surface area (Å²) in [6, 6.07) is 4.42. The van der Waals surface area contributed by atoms with E-state index in [4.69, 9.17) is 5.11 Å². The van der Waals surface area contributed by atoms with Gasteiger partial charge in [-0.25, -0.2) is 4.79 Å². The van der Waals surface area contributed by atoms with Gasteiger partial charge in [-0.15, -0.1) is 0 Å². The van der Waals surface area contributed by atoms with E-state index in [0.29, 0.717) is 12.0 Å². The summed E-state index contributed by atoms with van der Waals surface area (Å²) >= 11 is 3.30. The van der Waals surface area contributed by atoms with Gasteiger partial charge in [0, 0.05) is 10.0 Å². The van der Waals surface area contributed by atoms with Gasteiger partial charge in [-0.3, -0.25) is 4.79 Å². The quantitative estimate of drug-likeness (QED) is 0.897. The average molecular weight is 300 g/mol. The van der Waals surface area contributed by atoms with Crippen LogP contribution < -0.4 is 5.32 Å². The molecule has 0 aliphatic heterocycles. The lowest BCUT2D eigenvalue weighted by Gasteiger charge is -2.12. The molecule has 1 rings (SSSR count). The molecule has 0 aromatic heterocycles. The molecule has 0 saturated heterocycles. The number of carboxylic acid groups (broad SMARTS) is 1. The van der Waals surface area contributed by atoms with Crippen molar-refractivity contribution in [1.29, 1.82) is 0 Å². The van der Waals surface area contributed by atoms with E-state index in [2.05, 4.69) is 21.2 Å². The van der Waals surface area contributed by atoms with Crippen LogP contribution >= 0.6 is 15.9 Å². The molecular weight excluding hydrogens is 286 g/mol. The van der Waals surface area contributed by atoms with Gasteiger partial charge >= 0.3 is 5.97 Å². The van der Waals surface area contributed by atoms with Crippen molar-refractivity contribution in [2.75, 3.05) is 0 Å². The average Bonchev–Trinajstić information content (AvgIpc) is 2.23. The summed E-state index contributed by atoms with van der Waals surface area (Å²) in [4.78, 5) is 22.6. The Morgan fingerprint density at radius 3 is 2.53 bits per heavy atom. The third-order valence-electron chi connectivity index (χ3n) is 2.32. The molecule has 0 heterocycles. The van der Waals surface area contributed by atoms with Gasteiger partial charge in [-0.1, -0.05) is 22.9 Å². The number of hydrogen-bond donors (Lipinski definition) is 2. The van der Waals surface area contributed by atoms with Crippen molar-refractivity contribution in [3.63, 3.8) is 0 Å². The van der Waals surface area contributed by atoms with E-state index in [1.54, 1.807) is 19.1 Å². The molecule has 0 aliphatic carbocycles. The number of halogens is 1. The second-order valence-electron chi connectivity index (χ2n) is 3.79. The number of rotatable bonds is 4. The van der Waals surface area contributed by atoms with Gasteiger partial charge in [-0.05, 0) is 37.1 Å². The summed E-state index contributed by atoms with van der Waals surface area (Å²) in [6.07, 6.45) is 0.355. The predicted octanol–water partition coefficient (Wildman–Crippen LogP) is 2.35. The maximum absolute atomic E-state index is 11.8. The zero-order valence-electron chi connectivity index (χ0n) is 9.66. The topological polar surface area (TPSA) is 66.4 Å². The summed E-state index contributed by atoms with van der Waals surface area (Å²) in [7, 11) is 0. The molecule has 92 valence electrons. The fourth-order valence-corrected chi connectivity index (χ4v) is 2.06. The van der Waals surface area contributed by atoms with Crippen molar-refractivity contribution in [2.45, 2.75) is 26.3 Å². The van der Waals surface area contributed by atoms with Crippen molar-refractivity contribution in [3.8, 4) is 0 Å². The van der Waals surface area contributed by atoms with E-state index in [-0.39, 0.29) is 5.91 Å². The number of benzene rings is 1. The van der Waals surface area contributed by atoms with Crippen molar-refractivity contribution >= 4 is 27.8 Å². The van der Waals surface area contributed by atoms with Crippen LogP contribution in [0, 0.1) is 6.92 Å². The third-order valence-corrected chi connectivity index (χ3v) is 2.77. The zero-order valence-corrected chi connectivity index (χ0v) is 11.2. The number of carbonyl (C=O) groups excluding carboxylic acids is 1. The molecule has 1 atom stereocenters. The summed E-state index contributed by atoms with van der Waals surface area (Å²) in [5, 5.41) is 11.3. The standard InChI is InChI=1S/C12H14BrNO3/c1-3-10(12(16)17)14-11(15)8-4-7(2)5-9(13)6-8/h4-6,10H,3H2,1-2H3,(H,14,15)(H,16,17). The molecular formula is C12H14BrNO3. The van der Waals surface area contributed by atoms with Crippen molar-refractivity contribution < 1.29 is 14.7 Å². The lowest BCUT2D eigenvalue weighted by Crippen LogP contribution is -2.40. The number of carboxylic acids is 1. The van der Waals surface area contributed by atoms with Crippen molar-refractivity contribution in [3.05, 3.63) is 33.8 Å². The van der Waals surface area contributed by atoms with E-state index in [9.17, 15) is 9.59 Å². The summed E-state index contributed by atoms with van der Waals surface area (Å²) in [5.41, 5.74) is 1.39. The molecule has 4 nitrogen and oxygen atoms in total. The highest BCUT2D eigenvalue weighted by Crippen LogP contribution is 2.15. The summed E-state index contributed by atoms with van der Waals surface area (Å²) in [6.45, 7) is 3.58. The van der Waals surface area contributed by atoms with E-state index in [0.717, 1.165) is 10.0 Å². The van der Waals surface area contributed by atoms with Crippen LogP contribution in [0.5, 0.6) is 0 Å². The van der Waals surface area contributed by atoms with Crippen molar-refractivity contribution in [2.24, 2.45) is 0 Å². The van der Waals surface area contributed by atoms with Crippen LogP contribution in [0.4, 0.5) is 0 Å². The second-order valence-corrected chi connectivity index (χ2v) is 4.71. The Balaban J connectivity index is 2.86. The first-order valence-corrected chi connectivity index (χ1v) is 6.04. The lowest BCUT2D eigenvalue weighted by atomic mass is 10.1. The first-order chi connectivity index (χ1) is 7.93. The molecule has 0 spiro atoms. The monoisotopic (exact) mass is 299 g/mol. The fraction of sp³-hybridized carbons (Fsp3) is 0.333. The van der Waals surface area contributed by atoms with E-state index < -0.39 is 12.0 Å². The van der Waals surface area contributed by atoms with Crippen LogP contribution in [0.25, 0.3) is 0 Å². The number of amides is 1. The molecule has 1 amide bonds. The Hall–Kier alpha value is -1.36. The lowest BCUT2D eigenvalue weighted by molar-refractivity contribution is -0.139. The van der Waals surface area contributed by atoms with Gasteiger partial charge in [0.25, 0.3) is 5.91 Å². The molecule has 5 heteroatoms. The molecule has 0 fully saturated rings. The third kappa shape index (κ3) is 3.85. The van der Waals surface area contributed by atoms with Crippen LogP contribution in [-0.2, 0) is 4.79 Å². The van der Waals surface area contributed by atoms with E-state index >= 15 is 0 Å². The summed E-state index contributed by atoms with van der Waals surface area (Å²) in [5.74, 6) is -1.39. The minimum atomic E-state index is -1.02. The molecule has 1 unspecified atom stereocenters. The summed E-state index contributed by atoms with van der Waals surface area (Å²) < 4.78 is 0.797. The largest absolute Gasteiger partial charge is 0.480 e. The minimum Gasteiger partial charge on any atom is -0.480 e. The first kappa shape index (κ1) is 13.7. The maximum Gasteiger partial charge on any atom is 0.326 e. The molecule has 1 aromatic rings. The highest BCUT2D eigenvalue weighted by Gasteiger charge is 2.18. The first-order valence-electron chi connectivity index (χ1n) is 5.25. The smallest absolute Gasteiger partial charge is 0.326 e. The maximum atomic E-state index is 11.8.